The molecule has 9 nitrogen and oxygen atoms in total. The van der Waals surface area contributed by atoms with Crippen molar-refractivity contribution in [1.29, 1.82) is 0 Å². The van der Waals surface area contributed by atoms with Crippen LogP contribution in [0, 0.1) is 6.92 Å². The highest BCUT2D eigenvalue weighted by Crippen LogP contribution is 2.28. The van der Waals surface area contributed by atoms with E-state index in [-0.39, 0.29) is 18.7 Å². The first-order chi connectivity index (χ1) is 17.5. The molecule has 36 heavy (non-hydrogen) atoms. The van der Waals surface area contributed by atoms with E-state index in [9.17, 15) is 14.4 Å². The van der Waals surface area contributed by atoms with E-state index in [2.05, 4.69) is 20.8 Å². The number of ether oxygens (including phenoxy) is 2. The van der Waals surface area contributed by atoms with Gasteiger partial charge in [-0.3, -0.25) is 19.5 Å². The molecule has 1 atom stereocenters. The average molecular weight is 487 g/mol. The number of H-pyrrole nitrogens is 1. The quantitative estimate of drug-likeness (QED) is 0.308. The Bertz CT molecular complexity index is 1380. The van der Waals surface area contributed by atoms with Gasteiger partial charge in [-0.15, -0.1) is 0 Å². The Kier molecular flexibility index (Phi) is 7.60. The lowest BCUT2D eigenvalue weighted by Crippen LogP contribution is -2.29. The number of hydrogen-bond acceptors (Lipinski definition) is 6. The normalized spacial score (nSPS) is 11.5. The van der Waals surface area contributed by atoms with Crippen LogP contribution in [-0.4, -0.2) is 41.6 Å². The van der Waals surface area contributed by atoms with Gasteiger partial charge in [-0.2, -0.15) is 5.10 Å². The second-order valence-electron chi connectivity index (χ2n) is 8.10. The van der Waals surface area contributed by atoms with E-state index in [0.717, 1.165) is 11.1 Å². The molecular formula is C27H26N4O5. The van der Waals surface area contributed by atoms with Gasteiger partial charge in [0.05, 0.1) is 24.7 Å². The Morgan fingerprint density at radius 3 is 2.53 bits per heavy atom. The molecule has 1 unspecified atom stereocenters. The van der Waals surface area contributed by atoms with Crippen molar-refractivity contribution in [2.24, 2.45) is 0 Å². The topological polar surface area (TPSA) is 122 Å². The number of rotatable bonds is 9. The van der Waals surface area contributed by atoms with Crippen molar-refractivity contribution in [3.63, 3.8) is 0 Å². The molecule has 9 heteroatoms. The van der Waals surface area contributed by atoms with Gasteiger partial charge < -0.3 is 20.1 Å². The lowest BCUT2D eigenvalue weighted by atomic mass is 10.1. The predicted molar refractivity (Wildman–Crippen MR) is 135 cm³/mol. The highest BCUT2D eigenvalue weighted by Gasteiger charge is 2.26. The first-order valence-corrected chi connectivity index (χ1v) is 11.4. The summed E-state index contributed by atoms with van der Waals surface area (Å²) in [5.41, 5.74) is 2.90. The maximum absolute atomic E-state index is 13.2. The van der Waals surface area contributed by atoms with E-state index < -0.39 is 23.9 Å². The summed E-state index contributed by atoms with van der Waals surface area (Å²) in [7, 11) is 1.51. The SMILES string of the molecule is COc1ccc(C)cc1NC(=O)C(OC(=O)CCNC(=O)c1n[nH]c2ccccc12)c1ccccc1. The third kappa shape index (κ3) is 5.69. The van der Waals surface area contributed by atoms with E-state index in [1.165, 1.54) is 7.11 Å². The number of aromatic amines is 1. The van der Waals surface area contributed by atoms with Crippen molar-refractivity contribution < 1.29 is 23.9 Å². The summed E-state index contributed by atoms with van der Waals surface area (Å²) in [6.45, 7) is 1.91. The fourth-order valence-electron chi connectivity index (χ4n) is 3.71. The molecule has 2 amide bonds. The number of nitrogens with one attached hydrogen (secondary N) is 3. The lowest BCUT2D eigenvalue weighted by Gasteiger charge is -2.19. The van der Waals surface area contributed by atoms with Crippen molar-refractivity contribution >= 4 is 34.4 Å². The maximum atomic E-state index is 13.2. The van der Waals surface area contributed by atoms with Crippen LogP contribution in [0.2, 0.25) is 0 Å². The molecule has 0 aliphatic heterocycles. The summed E-state index contributed by atoms with van der Waals surface area (Å²) in [5.74, 6) is -1.09. The van der Waals surface area contributed by atoms with Crippen molar-refractivity contribution in [3.05, 3.63) is 89.6 Å². The highest BCUT2D eigenvalue weighted by atomic mass is 16.5. The minimum absolute atomic E-state index is 0.0215. The number of nitrogens with zero attached hydrogens (tertiary/aromatic N) is 1. The molecule has 4 aromatic rings. The van der Waals surface area contributed by atoms with Crippen molar-refractivity contribution in [1.82, 2.24) is 15.5 Å². The molecule has 1 aromatic heterocycles. The van der Waals surface area contributed by atoms with E-state index in [0.29, 0.717) is 22.4 Å². The summed E-state index contributed by atoms with van der Waals surface area (Å²) < 4.78 is 10.9. The summed E-state index contributed by atoms with van der Waals surface area (Å²) in [6.07, 6.45) is -1.31. The number of aryl methyl sites for hydroxylation is 1. The van der Waals surface area contributed by atoms with E-state index in [4.69, 9.17) is 9.47 Å². The minimum Gasteiger partial charge on any atom is -0.495 e. The first kappa shape index (κ1) is 24.5. The standard InChI is InChI=1S/C27H26N4O5/c1-17-12-13-22(35-2)21(16-17)29-27(34)25(18-8-4-3-5-9-18)36-23(32)14-15-28-26(33)24-19-10-6-7-11-20(19)30-31-24/h3-13,16,25H,14-15H2,1-2H3,(H,28,33)(H,29,34)(H,30,31). The second-order valence-corrected chi connectivity index (χ2v) is 8.10. The number of esters is 1. The Balaban J connectivity index is 1.40. The molecule has 184 valence electrons. The maximum Gasteiger partial charge on any atom is 0.308 e. The minimum atomic E-state index is -1.19. The molecule has 4 rings (SSSR count). The number of hydrogen-bond donors (Lipinski definition) is 3. The molecule has 0 fully saturated rings. The zero-order valence-corrected chi connectivity index (χ0v) is 19.9. The van der Waals surface area contributed by atoms with Crippen molar-refractivity contribution in [3.8, 4) is 5.75 Å². The Labute approximate surface area is 207 Å². The van der Waals surface area contributed by atoms with Gasteiger partial charge in [0, 0.05) is 17.5 Å². The van der Waals surface area contributed by atoms with Gasteiger partial charge in [-0.1, -0.05) is 54.6 Å². The van der Waals surface area contributed by atoms with Crippen LogP contribution in [0.4, 0.5) is 5.69 Å². The molecule has 3 aromatic carbocycles. The van der Waals surface area contributed by atoms with Crippen molar-refractivity contribution in [2.75, 3.05) is 19.0 Å². The molecular weight excluding hydrogens is 460 g/mol. The Hall–Kier alpha value is -4.66. The van der Waals surface area contributed by atoms with Gasteiger partial charge in [0.1, 0.15) is 5.75 Å². The fourth-order valence-corrected chi connectivity index (χ4v) is 3.71. The molecule has 0 saturated carbocycles. The molecule has 0 bridgehead atoms. The van der Waals surface area contributed by atoms with Gasteiger partial charge in [0.2, 0.25) is 6.10 Å². The summed E-state index contributed by atoms with van der Waals surface area (Å²) >= 11 is 0. The molecule has 0 aliphatic rings. The number of anilines is 1. The number of amides is 2. The largest absolute Gasteiger partial charge is 0.495 e. The van der Waals surface area contributed by atoms with Gasteiger partial charge in [0.25, 0.3) is 11.8 Å². The van der Waals surface area contributed by atoms with Gasteiger partial charge in [-0.05, 0) is 30.7 Å². The van der Waals surface area contributed by atoms with E-state index in [1.807, 2.05) is 31.2 Å². The molecule has 0 radical (unpaired) electrons. The van der Waals surface area contributed by atoms with Gasteiger partial charge in [-0.25, -0.2) is 0 Å². The van der Waals surface area contributed by atoms with Gasteiger partial charge >= 0.3 is 5.97 Å². The highest BCUT2D eigenvalue weighted by molar-refractivity contribution is 6.04. The second kappa shape index (κ2) is 11.2. The lowest BCUT2D eigenvalue weighted by molar-refractivity contribution is -0.154. The van der Waals surface area contributed by atoms with Crippen LogP contribution in [0.15, 0.2) is 72.8 Å². The van der Waals surface area contributed by atoms with Crippen LogP contribution in [0.3, 0.4) is 0 Å². The number of aromatic nitrogens is 2. The summed E-state index contributed by atoms with van der Waals surface area (Å²) in [5, 5.41) is 13.0. The van der Waals surface area contributed by atoms with Crippen LogP contribution in [0.1, 0.15) is 34.1 Å². The van der Waals surface area contributed by atoms with E-state index >= 15 is 0 Å². The Morgan fingerprint density at radius 2 is 1.75 bits per heavy atom. The zero-order chi connectivity index (χ0) is 25.5. The first-order valence-electron chi connectivity index (χ1n) is 11.4. The molecule has 1 heterocycles. The van der Waals surface area contributed by atoms with Gasteiger partial charge in [0.15, 0.2) is 5.69 Å². The van der Waals surface area contributed by atoms with Crippen molar-refractivity contribution in [2.45, 2.75) is 19.4 Å². The predicted octanol–water partition coefficient (Wildman–Crippen LogP) is 3.92. The molecule has 0 spiro atoms. The molecule has 0 saturated heterocycles. The van der Waals surface area contributed by atoms with Crippen LogP contribution < -0.4 is 15.4 Å². The number of carbonyl (C=O) groups is 3. The third-order valence-corrected chi connectivity index (χ3v) is 5.50. The van der Waals surface area contributed by atoms with E-state index in [1.54, 1.807) is 48.5 Å². The zero-order valence-electron chi connectivity index (χ0n) is 19.9. The van der Waals surface area contributed by atoms with Crippen LogP contribution in [-0.2, 0) is 14.3 Å². The summed E-state index contributed by atoms with van der Waals surface area (Å²) in [4.78, 5) is 38.3. The number of para-hydroxylation sites is 1. The molecule has 0 aliphatic carbocycles. The number of methoxy groups -OCH3 is 1. The number of carbonyl (C=O) groups excluding carboxylic acids is 3. The fraction of sp³-hybridized carbons (Fsp3) is 0.185. The van der Waals surface area contributed by atoms with Crippen LogP contribution in [0.5, 0.6) is 5.75 Å². The monoisotopic (exact) mass is 486 g/mol. The Morgan fingerprint density at radius 1 is 1.00 bits per heavy atom. The molecule has 3 N–H and O–H groups in total. The smallest absolute Gasteiger partial charge is 0.308 e. The average Bonchev–Trinajstić information content (AvgIpc) is 3.32. The third-order valence-electron chi connectivity index (χ3n) is 5.50. The number of benzene rings is 3. The van der Waals surface area contributed by atoms with Crippen LogP contribution in [0.25, 0.3) is 10.9 Å². The number of fused-ring (bicyclic) bond motifs is 1. The van der Waals surface area contributed by atoms with Crippen LogP contribution >= 0.6 is 0 Å². The summed E-state index contributed by atoms with van der Waals surface area (Å²) in [6, 6.07) is 21.4.